The van der Waals surface area contributed by atoms with Crippen LogP contribution in [0, 0.1) is 6.92 Å². The van der Waals surface area contributed by atoms with E-state index in [1.54, 1.807) is 30.8 Å². The highest BCUT2D eigenvalue weighted by Gasteiger charge is 2.11. The summed E-state index contributed by atoms with van der Waals surface area (Å²) in [5.41, 5.74) is 0.875. The molecular formula is C15H13N3O3S2. The van der Waals surface area contributed by atoms with Crippen molar-refractivity contribution in [3.05, 3.63) is 57.0 Å². The van der Waals surface area contributed by atoms with Gasteiger partial charge in [-0.1, -0.05) is 11.3 Å². The average molecular weight is 347 g/mol. The van der Waals surface area contributed by atoms with Crippen LogP contribution in [-0.4, -0.2) is 26.8 Å². The number of carbonyl (C=O) groups is 1. The highest BCUT2D eigenvalue weighted by Crippen LogP contribution is 2.17. The topological polar surface area (TPSA) is 73.6 Å². The Hall–Kier alpha value is -2.19. The smallest absolute Gasteiger partial charge is 0.338 e. The van der Waals surface area contributed by atoms with Crippen LogP contribution in [0.4, 0.5) is 0 Å². The lowest BCUT2D eigenvalue weighted by Crippen LogP contribution is -2.14. The summed E-state index contributed by atoms with van der Waals surface area (Å²) in [7, 11) is 0. The number of fused-ring (bicyclic) bond motifs is 1. The van der Waals surface area contributed by atoms with Crippen molar-refractivity contribution in [3.8, 4) is 0 Å². The molecule has 2 heterocycles. The highest BCUT2D eigenvalue weighted by molar-refractivity contribution is 7.98. The zero-order chi connectivity index (χ0) is 16.4. The van der Waals surface area contributed by atoms with E-state index in [2.05, 4.69) is 10.1 Å². The third-order valence-corrected chi connectivity index (χ3v) is 4.69. The monoisotopic (exact) mass is 347 g/mol. The fourth-order valence-electron chi connectivity index (χ4n) is 1.96. The molecule has 0 amide bonds. The van der Waals surface area contributed by atoms with E-state index in [0.717, 1.165) is 4.90 Å². The van der Waals surface area contributed by atoms with E-state index >= 15 is 0 Å². The maximum atomic E-state index is 12.0. The van der Waals surface area contributed by atoms with Gasteiger partial charge in [-0.15, -0.1) is 11.8 Å². The molecule has 23 heavy (non-hydrogen) atoms. The van der Waals surface area contributed by atoms with Crippen LogP contribution in [-0.2, 0) is 11.3 Å². The number of aryl methyl sites for hydroxylation is 1. The van der Waals surface area contributed by atoms with Crippen LogP contribution in [0.3, 0.4) is 0 Å². The molecule has 3 aromatic rings. The van der Waals surface area contributed by atoms with Gasteiger partial charge in [-0.3, -0.25) is 4.79 Å². The first-order valence-corrected chi connectivity index (χ1v) is 8.78. The van der Waals surface area contributed by atoms with Gasteiger partial charge in [-0.05, 0) is 37.4 Å². The largest absolute Gasteiger partial charge is 0.455 e. The molecule has 6 nitrogen and oxygen atoms in total. The number of rotatable bonds is 4. The van der Waals surface area contributed by atoms with Crippen LogP contribution in [0.2, 0.25) is 0 Å². The van der Waals surface area contributed by atoms with E-state index in [1.807, 2.05) is 18.4 Å². The minimum Gasteiger partial charge on any atom is -0.455 e. The summed E-state index contributed by atoms with van der Waals surface area (Å²) in [6.07, 6.45) is 1.97. The van der Waals surface area contributed by atoms with Gasteiger partial charge in [0.25, 0.3) is 5.56 Å². The molecule has 0 saturated heterocycles. The number of esters is 1. The summed E-state index contributed by atoms with van der Waals surface area (Å²) in [4.78, 5) is 29.6. The van der Waals surface area contributed by atoms with Crippen LogP contribution in [0.25, 0.3) is 4.96 Å². The Balaban J connectivity index is 1.73. The van der Waals surface area contributed by atoms with Crippen LogP contribution in [0.15, 0.2) is 40.0 Å². The molecule has 0 spiro atoms. The molecule has 8 heteroatoms. The van der Waals surface area contributed by atoms with Gasteiger partial charge in [0.05, 0.1) is 5.56 Å². The number of hydrogen-bond donors (Lipinski definition) is 0. The van der Waals surface area contributed by atoms with Crippen LogP contribution >= 0.6 is 23.1 Å². The lowest BCUT2D eigenvalue weighted by Gasteiger charge is -2.03. The van der Waals surface area contributed by atoms with Crippen molar-refractivity contribution in [1.82, 2.24) is 14.6 Å². The maximum absolute atomic E-state index is 12.0. The molecule has 2 aromatic heterocycles. The average Bonchev–Trinajstić information content (AvgIpc) is 2.96. The van der Waals surface area contributed by atoms with Crippen molar-refractivity contribution in [2.45, 2.75) is 18.4 Å². The maximum Gasteiger partial charge on any atom is 0.338 e. The second kappa shape index (κ2) is 6.51. The highest BCUT2D eigenvalue weighted by atomic mass is 32.2. The van der Waals surface area contributed by atoms with Crippen molar-refractivity contribution in [2.75, 3.05) is 6.26 Å². The fourth-order valence-corrected chi connectivity index (χ4v) is 3.22. The van der Waals surface area contributed by atoms with Gasteiger partial charge in [0.2, 0.25) is 4.96 Å². The second-order valence-electron chi connectivity index (χ2n) is 4.73. The Morgan fingerprint density at radius 2 is 2.09 bits per heavy atom. The summed E-state index contributed by atoms with van der Waals surface area (Å²) < 4.78 is 6.46. The zero-order valence-electron chi connectivity index (χ0n) is 12.5. The molecule has 1 aromatic carbocycles. The van der Waals surface area contributed by atoms with Gasteiger partial charge in [-0.2, -0.15) is 9.61 Å². The lowest BCUT2D eigenvalue weighted by atomic mass is 10.2. The predicted molar refractivity (Wildman–Crippen MR) is 89.2 cm³/mol. The van der Waals surface area contributed by atoms with Gasteiger partial charge in [-0.25, -0.2) is 9.78 Å². The fraction of sp³-hybridized carbons (Fsp3) is 0.200. The molecule has 118 valence electrons. The molecule has 0 atom stereocenters. The second-order valence-corrected chi connectivity index (χ2v) is 6.65. The van der Waals surface area contributed by atoms with E-state index in [9.17, 15) is 9.59 Å². The van der Waals surface area contributed by atoms with Gasteiger partial charge in [0.15, 0.2) is 5.01 Å². The number of nitrogens with zero attached hydrogens (tertiary/aromatic N) is 3. The number of hydrogen-bond acceptors (Lipinski definition) is 7. The van der Waals surface area contributed by atoms with Crippen LogP contribution < -0.4 is 5.56 Å². The van der Waals surface area contributed by atoms with E-state index in [4.69, 9.17) is 4.74 Å². The molecule has 0 bridgehead atoms. The first-order valence-electron chi connectivity index (χ1n) is 6.74. The lowest BCUT2D eigenvalue weighted by molar-refractivity contribution is 0.0471. The number of aromatic nitrogens is 3. The minimum atomic E-state index is -0.423. The van der Waals surface area contributed by atoms with E-state index in [1.165, 1.54) is 21.9 Å². The normalized spacial score (nSPS) is 10.9. The SMILES string of the molecule is CSc1ccc(C(=O)OCc2nn3c(=O)cc(C)nc3s2)cc1. The summed E-state index contributed by atoms with van der Waals surface area (Å²) in [5, 5.41) is 4.65. The molecule has 0 unspecified atom stereocenters. The summed E-state index contributed by atoms with van der Waals surface area (Å²) in [6, 6.07) is 8.59. The van der Waals surface area contributed by atoms with Crippen molar-refractivity contribution >= 4 is 34.0 Å². The number of benzene rings is 1. The van der Waals surface area contributed by atoms with E-state index < -0.39 is 5.97 Å². The summed E-state index contributed by atoms with van der Waals surface area (Å²) in [6.45, 7) is 1.76. The van der Waals surface area contributed by atoms with Gasteiger partial charge in [0.1, 0.15) is 6.61 Å². The number of ether oxygens (including phenoxy) is 1. The number of carbonyl (C=O) groups excluding carboxylic acids is 1. The third-order valence-electron chi connectivity index (χ3n) is 3.07. The minimum absolute atomic E-state index is 0.00955. The van der Waals surface area contributed by atoms with Crippen molar-refractivity contribution < 1.29 is 9.53 Å². The van der Waals surface area contributed by atoms with Gasteiger partial charge < -0.3 is 4.74 Å². The zero-order valence-corrected chi connectivity index (χ0v) is 14.1. The molecule has 3 rings (SSSR count). The molecule has 0 saturated carbocycles. The molecule has 0 aliphatic heterocycles. The molecule has 0 radical (unpaired) electrons. The standard InChI is InChI=1S/C15H13N3O3S2/c1-9-7-13(19)18-15(16-9)23-12(17-18)8-21-14(20)10-3-5-11(22-2)6-4-10/h3-7H,8H2,1-2H3. The van der Waals surface area contributed by atoms with E-state index in [-0.39, 0.29) is 12.2 Å². The summed E-state index contributed by atoms with van der Waals surface area (Å²) >= 11 is 2.83. The summed E-state index contributed by atoms with van der Waals surface area (Å²) in [5.74, 6) is -0.423. The molecule has 0 N–H and O–H groups in total. The van der Waals surface area contributed by atoms with Gasteiger partial charge in [0, 0.05) is 16.7 Å². The molecule has 0 fully saturated rings. The Labute approximate surface area is 140 Å². The van der Waals surface area contributed by atoms with Crippen molar-refractivity contribution in [3.63, 3.8) is 0 Å². The molecular weight excluding hydrogens is 334 g/mol. The van der Waals surface area contributed by atoms with E-state index in [0.29, 0.717) is 21.2 Å². The first kappa shape index (κ1) is 15.7. The third kappa shape index (κ3) is 3.43. The van der Waals surface area contributed by atoms with Crippen molar-refractivity contribution in [1.29, 1.82) is 0 Å². The van der Waals surface area contributed by atoms with Crippen LogP contribution in [0.5, 0.6) is 0 Å². The van der Waals surface area contributed by atoms with Crippen LogP contribution in [0.1, 0.15) is 21.1 Å². The molecule has 0 aliphatic carbocycles. The van der Waals surface area contributed by atoms with Gasteiger partial charge >= 0.3 is 5.97 Å². The molecule has 0 aliphatic rings. The Morgan fingerprint density at radius 3 is 2.78 bits per heavy atom. The predicted octanol–water partition coefficient (Wildman–Crippen LogP) is 2.54. The Morgan fingerprint density at radius 1 is 1.35 bits per heavy atom. The Kier molecular flexibility index (Phi) is 4.44. The number of thioether (sulfide) groups is 1. The quantitative estimate of drug-likeness (QED) is 0.533. The Bertz CT molecular complexity index is 916. The van der Waals surface area contributed by atoms with Crippen molar-refractivity contribution in [2.24, 2.45) is 0 Å². The first-order chi connectivity index (χ1) is 11.1.